The molecule has 0 spiro atoms. The van der Waals surface area contributed by atoms with Crippen LogP contribution in [-0.2, 0) is 4.79 Å². The summed E-state index contributed by atoms with van der Waals surface area (Å²) in [5.74, 6) is 0.123. The molecule has 2 atom stereocenters. The standard InChI is InChI=1S/C27H29N3O6S/c1-15-12-22(32)25(34)26(36-15)17(16-8-9-21(31)23(13-16)35-2)14-24(33)28-20(10-11-37-3)27-29-18-6-4-5-7-19(18)30-27/h4-9,12-13,17,20,31,34H,10-11,14H2,1-3H3,(H,28,33)(H,29,30)/t17?,20-/m0/s1. The molecule has 2 heterocycles. The number of hydrogen-bond donors (Lipinski definition) is 4. The first-order valence-electron chi connectivity index (χ1n) is 11.7. The van der Waals surface area contributed by atoms with Gasteiger partial charge in [0.15, 0.2) is 17.3 Å². The number of nitrogens with one attached hydrogen (secondary N) is 2. The highest BCUT2D eigenvalue weighted by molar-refractivity contribution is 7.98. The van der Waals surface area contributed by atoms with Crippen LogP contribution in [0.5, 0.6) is 17.2 Å². The monoisotopic (exact) mass is 523 g/mol. The minimum atomic E-state index is -0.820. The van der Waals surface area contributed by atoms with Gasteiger partial charge in [-0.2, -0.15) is 11.8 Å². The molecule has 0 aliphatic carbocycles. The van der Waals surface area contributed by atoms with Crippen molar-refractivity contribution >= 4 is 28.7 Å². The van der Waals surface area contributed by atoms with Crippen molar-refractivity contribution in [2.24, 2.45) is 0 Å². The van der Waals surface area contributed by atoms with Crippen molar-refractivity contribution in [2.75, 3.05) is 19.1 Å². The number of phenols is 1. The maximum absolute atomic E-state index is 13.4. The van der Waals surface area contributed by atoms with Crippen molar-refractivity contribution in [1.82, 2.24) is 15.3 Å². The van der Waals surface area contributed by atoms with Gasteiger partial charge in [-0.1, -0.05) is 18.2 Å². The fourth-order valence-corrected chi connectivity index (χ4v) is 4.70. The maximum atomic E-state index is 13.4. The number of fused-ring (bicyclic) bond motifs is 1. The number of rotatable bonds is 10. The van der Waals surface area contributed by atoms with Crippen LogP contribution in [0.25, 0.3) is 11.0 Å². The summed E-state index contributed by atoms with van der Waals surface area (Å²) in [5, 5.41) is 23.7. The molecule has 4 aromatic rings. The Morgan fingerprint density at radius 2 is 2.00 bits per heavy atom. The van der Waals surface area contributed by atoms with Gasteiger partial charge in [0, 0.05) is 12.5 Å². The van der Waals surface area contributed by atoms with E-state index in [9.17, 15) is 19.8 Å². The first-order chi connectivity index (χ1) is 17.8. The number of aromatic amines is 1. The predicted molar refractivity (Wildman–Crippen MR) is 142 cm³/mol. The lowest BCUT2D eigenvalue weighted by Crippen LogP contribution is -2.31. The normalized spacial score (nSPS) is 12.8. The van der Waals surface area contributed by atoms with E-state index in [-0.39, 0.29) is 35.6 Å². The van der Waals surface area contributed by atoms with Gasteiger partial charge in [0.05, 0.1) is 30.1 Å². The number of carbonyl (C=O) groups excluding carboxylic acids is 1. The van der Waals surface area contributed by atoms with Crippen LogP contribution in [0.15, 0.2) is 57.7 Å². The Labute approximate surface area is 217 Å². The number of phenolic OH excluding ortho intramolecular Hbond substituents is 1. The van der Waals surface area contributed by atoms with Gasteiger partial charge in [0.25, 0.3) is 0 Å². The largest absolute Gasteiger partial charge is 0.504 e. The fraction of sp³-hybridized carbons (Fsp3) is 0.296. The minimum absolute atomic E-state index is 0.0303. The van der Waals surface area contributed by atoms with Gasteiger partial charge in [-0.15, -0.1) is 0 Å². The number of hydrogen-bond acceptors (Lipinski definition) is 8. The lowest BCUT2D eigenvalue weighted by atomic mass is 9.91. The summed E-state index contributed by atoms with van der Waals surface area (Å²) in [6, 6.07) is 13.0. The SMILES string of the molecule is COc1cc(C(CC(=O)N[C@@H](CCSC)c2nc3ccccc3[nH]2)c2oc(C)cc(=O)c2O)ccc1O. The minimum Gasteiger partial charge on any atom is -0.504 e. The van der Waals surface area contributed by atoms with Crippen molar-refractivity contribution in [3.8, 4) is 17.2 Å². The van der Waals surface area contributed by atoms with Gasteiger partial charge >= 0.3 is 0 Å². The van der Waals surface area contributed by atoms with Crippen LogP contribution < -0.4 is 15.5 Å². The van der Waals surface area contributed by atoms with E-state index in [1.165, 1.54) is 19.2 Å². The van der Waals surface area contributed by atoms with E-state index < -0.39 is 17.1 Å². The predicted octanol–water partition coefficient (Wildman–Crippen LogP) is 4.38. The lowest BCUT2D eigenvalue weighted by molar-refractivity contribution is -0.122. The topological polar surface area (TPSA) is 138 Å². The third-order valence-electron chi connectivity index (χ3n) is 6.07. The second kappa shape index (κ2) is 11.4. The number of aromatic nitrogens is 2. The van der Waals surface area contributed by atoms with Crippen LogP contribution in [0.1, 0.15) is 47.7 Å². The molecular weight excluding hydrogens is 494 g/mol. The number of ether oxygens (including phenoxy) is 1. The summed E-state index contributed by atoms with van der Waals surface area (Å²) in [7, 11) is 1.41. The van der Waals surface area contributed by atoms with Crippen LogP contribution >= 0.6 is 11.8 Å². The maximum Gasteiger partial charge on any atom is 0.227 e. The van der Waals surface area contributed by atoms with E-state index in [2.05, 4.69) is 15.3 Å². The van der Waals surface area contributed by atoms with Gasteiger partial charge < -0.3 is 29.7 Å². The third-order valence-corrected chi connectivity index (χ3v) is 6.71. The quantitative estimate of drug-likeness (QED) is 0.240. The zero-order valence-corrected chi connectivity index (χ0v) is 21.6. The first kappa shape index (κ1) is 26.2. The molecule has 0 saturated heterocycles. The highest BCUT2D eigenvalue weighted by atomic mass is 32.2. The number of aromatic hydroxyl groups is 2. The number of H-pyrrole nitrogens is 1. The van der Waals surface area contributed by atoms with Crippen molar-refractivity contribution in [2.45, 2.75) is 31.7 Å². The number of imidazole rings is 1. The zero-order chi connectivity index (χ0) is 26.5. The van der Waals surface area contributed by atoms with Crippen LogP contribution in [-0.4, -0.2) is 45.2 Å². The van der Waals surface area contributed by atoms with Crippen LogP contribution in [0.3, 0.4) is 0 Å². The Morgan fingerprint density at radius 1 is 1.22 bits per heavy atom. The molecule has 1 amide bonds. The smallest absolute Gasteiger partial charge is 0.227 e. The van der Waals surface area contributed by atoms with E-state index >= 15 is 0 Å². The lowest BCUT2D eigenvalue weighted by Gasteiger charge is -2.21. The molecule has 4 N–H and O–H groups in total. The van der Waals surface area contributed by atoms with Gasteiger partial charge in [0.1, 0.15) is 11.6 Å². The number of amides is 1. The Morgan fingerprint density at radius 3 is 2.73 bits per heavy atom. The number of para-hydroxylation sites is 2. The summed E-state index contributed by atoms with van der Waals surface area (Å²) in [4.78, 5) is 33.7. The molecule has 0 aliphatic rings. The van der Waals surface area contributed by atoms with Crippen molar-refractivity contribution in [1.29, 1.82) is 0 Å². The van der Waals surface area contributed by atoms with Gasteiger partial charge in [-0.3, -0.25) is 9.59 Å². The molecule has 0 saturated carbocycles. The average Bonchev–Trinajstić information content (AvgIpc) is 3.32. The Balaban J connectivity index is 1.68. The molecular formula is C27H29N3O6S. The Hall–Kier alpha value is -3.92. The number of nitrogens with zero attached hydrogens (tertiary/aromatic N) is 1. The molecule has 1 unspecified atom stereocenters. The number of thioether (sulfide) groups is 1. The summed E-state index contributed by atoms with van der Waals surface area (Å²) in [6.45, 7) is 1.60. The summed E-state index contributed by atoms with van der Waals surface area (Å²) < 4.78 is 11.0. The highest BCUT2D eigenvalue weighted by Crippen LogP contribution is 2.37. The Bertz CT molecular complexity index is 1430. The van der Waals surface area contributed by atoms with E-state index in [4.69, 9.17) is 9.15 Å². The summed E-state index contributed by atoms with van der Waals surface area (Å²) in [6.07, 6.45) is 2.51. The van der Waals surface area contributed by atoms with E-state index in [0.717, 1.165) is 16.8 Å². The van der Waals surface area contributed by atoms with Gasteiger partial charge in [-0.05, 0) is 55.2 Å². The summed E-state index contributed by atoms with van der Waals surface area (Å²) >= 11 is 1.66. The molecule has 4 rings (SSSR count). The average molecular weight is 524 g/mol. The van der Waals surface area contributed by atoms with Crippen LogP contribution in [0.2, 0.25) is 0 Å². The molecule has 2 aromatic heterocycles. The fourth-order valence-electron chi connectivity index (χ4n) is 4.22. The zero-order valence-electron chi connectivity index (χ0n) is 20.8. The van der Waals surface area contributed by atoms with Crippen LogP contribution in [0, 0.1) is 6.92 Å². The van der Waals surface area contributed by atoms with Gasteiger partial charge in [0.2, 0.25) is 17.1 Å². The molecule has 0 fully saturated rings. The highest BCUT2D eigenvalue weighted by Gasteiger charge is 2.28. The van der Waals surface area contributed by atoms with Crippen molar-refractivity contribution in [3.63, 3.8) is 0 Å². The molecule has 10 heteroatoms. The molecule has 194 valence electrons. The number of methoxy groups -OCH3 is 1. The van der Waals surface area contributed by atoms with Crippen molar-refractivity contribution in [3.05, 3.63) is 81.7 Å². The van der Waals surface area contributed by atoms with E-state index in [1.807, 2.05) is 30.5 Å². The molecule has 2 aromatic carbocycles. The molecule has 0 radical (unpaired) electrons. The second-order valence-corrected chi connectivity index (χ2v) is 9.65. The number of benzene rings is 2. The molecule has 9 nitrogen and oxygen atoms in total. The third kappa shape index (κ3) is 5.91. The van der Waals surface area contributed by atoms with Gasteiger partial charge in [-0.25, -0.2) is 4.98 Å². The molecule has 37 heavy (non-hydrogen) atoms. The molecule has 0 bridgehead atoms. The molecule has 0 aliphatic heterocycles. The van der Waals surface area contributed by atoms with E-state index in [0.29, 0.717) is 23.6 Å². The van der Waals surface area contributed by atoms with E-state index in [1.54, 1.807) is 30.8 Å². The van der Waals surface area contributed by atoms with Crippen LogP contribution in [0.4, 0.5) is 0 Å². The number of aryl methyl sites for hydroxylation is 1. The number of carbonyl (C=O) groups is 1. The van der Waals surface area contributed by atoms with Crippen molar-refractivity contribution < 1.29 is 24.2 Å². The summed E-state index contributed by atoms with van der Waals surface area (Å²) in [5.41, 5.74) is 1.61. The Kier molecular flexibility index (Phi) is 8.08. The first-order valence-corrected chi connectivity index (χ1v) is 13.1. The second-order valence-electron chi connectivity index (χ2n) is 8.66.